The molecule has 0 aliphatic carbocycles. The van der Waals surface area contributed by atoms with Gasteiger partial charge in [-0.05, 0) is 43.4 Å². The Labute approximate surface area is 111 Å². The molecule has 1 rings (SSSR count). The van der Waals surface area contributed by atoms with Gasteiger partial charge in [0, 0.05) is 17.5 Å². The van der Waals surface area contributed by atoms with E-state index in [2.05, 4.69) is 28.9 Å². The first kappa shape index (κ1) is 14.0. The summed E-state index contributed by atoms with van der Waals surface area (Å²) < 4.78 is 5.30. The minimum atomic E-state index is 0.307. The van der Waals surface area contributed by atoms with Gasteiger partial charge in [-0.25, -0.2) is 0 Å². The fourth-order valence-electron chi connectivity index (χ4n) is 1.76. The minimum absolute atomic E-state index is 0.307. The summed E-state index contributed by atoms with van der Waals surface area (Å²) in [6.07, 6.45) is 2.41. The summed E-state index contributed by atoms with van der Waals surface area (Å²) >= 11 is 9.53. The predicted molar refractivity (Wildman–Crippen MR) is 73.5 cm³/mol. The molecule has 2 atom stereocenters. The molecule has 1 aromatic rings. The van der Waals surface area contributed by atoms with Crippen LogP contribution < -0.4 is 0 Å². The summed E-state index contributed by atoms with van der Waals surface area (Å²) in [5.74, 6) is 0.591. The van der Waals surface area contributed by atoms with Gasteiger partial charge in [-0.2, -0.15) is 0 Å². The highest BCUT2D eigenvalue weighted by Gasteiger charge is 2.12. The second-order valence-electron chi connectivity index (χ2n) is 4.14. The Morgan fingerprint density at radius 1 is 1.44 bits per heavy atom. The van der Waals surface area contributed by atoms with E-state index in [1.807, 2.05) is 18.2 Å². The quantitative estimate of drug-likeness (QED) is 0.711. The summed E-state index contributed by atoms with van der Waals surface area (Å²) in [6.45, 7) is 2.10. The largest absolute Gasteiger partial charge is 0.382 e. The topological polar surface area (TPSA) is 9.23 Å². The molecule has 1 aromatic carbocycles. The SMILES string of the molecule is COC(C)CC(CBr)Cc1cccc(Cl)c1. The highest BCUT2D eigenvalue weighted by atomic mass is 79.9. The lowest BCUT2D eigenvalue weighted by Gasteiger charge is -2.18. The molecule has 0 aliphatic rings. The zero-order valence-electron chi connectivity index (χ0n) is 9.75. The van der Waals surface area contributed by atoms with Crippen molar-refractivity contribution in [2.45, 2.75) is 25.9 Å². The number of halogens is 2. The number of ether oxygens (including phenoxy) is 1. The number of alkyl halides is 1. The molecule has 3 heteroatoms. The standard InChI is InChI=1S/C13H18BrClO/c1-10(16-2)6-12(9-14)7-11-4-3-5-13(15)8-11/h3-5,8,10,12H,6-7,9H2,1-2H3. The minimum Gasteiger partial charge on any atom is -0.382 e. The zero-order valence-corrected chi connectivity index (χ0v) is 12.1. The Balaban J connectivity index is 2.56. The van der Waals surface area contributed by atoms with Crippen LogP contribution in [0.15, 0.2) is 24.3 Å². The maximum atomic E-state index is 5.97. The highest BCUT2D eigenvalue weighted by molar-refractivity contribution is 9.09. The van der Waals surface area contributed by atoms with Crippen LogP contribution in [0, 0.1) is 5.92 Å². The number of benzene rings is 1. The van der Waals surface area contributed by atoms with Gasteiger partial charge in [0.25, 0.3) is 0 Å². The molecule has 1 nitrogen and oxygen atoms in total. The molecule has 0 saturated carbocycles. The van der Waals surface area contributed by atoms with Crippen LogP contribution in [0.2, 0.25) is 5.02 Å². The molecule has 16 heavy (non-hydrogen) atoms. The monoisotopic (exact) mass is 304 g/mol. The Hall–Kier alpha value is -0.0500. The van der Waals surface area contributed by atoms with Gasteiger partial charge in [0.15, 0.2) is 0 Å². The second-order valence-corrected chi connectivity index (χ2v) is 5.22. The number of rotatable bonds is 6. The molecule has 0 N–H and O–H groups in total. The number of methoxy groups -OCH3 is 1. The first-order chi connectivity index (χ1) is 7.65. The van der Waals surface area contributed by atoms with E-state index in [0.717, 1.165) is 23.2 Å². The van der Waals surface area contributed by atoms with E-state index < -0.39 is 0 Å². The molecule has 90 valence electrons. The van der Waals surface area contributed by atoms with E-state index in [9.17, 15) is 0 Å². The average molecular weight is 306 g/mol. The molecule has 0 amide bonds. The summed E-state index contributed by atoms with van der Waals surface area (Å²) in [5.41, 5.74) is 1.29. The molecule has 0 fully saturated rings. The van der Waals surface area contributed by atoms with Crippen molar-refractivity contribution in [2.75, 3.05) is 12.4 Å². The van der Waals surface area contributed by atoms with Gasteiger partial charge in [-0.15, -0.1) is 0 Å². The normalized spacial score (nSPS) is 14.8. The highest BCUT2D eigenvalue weighted by Crippen LogP contribution is 2.20. The van der Waals surface area contributed by atoms with E-state index >= 15 is 0 Å². The first-order valence-corrected chi connectivity index (χ1v) is 6.98. The van der Waals surface area contributed by atoms with E-state index in [1.54, 1.807) is 7.11 Å². The Kier molecular flexibility index (Phi) is 6.40. The van der Waals surface area contributed by atoms with Crippen molar-refractivity contribution in [3.63, 3.8) is 0 Å². The van der Waals surface area contributed by atoms with Crippen molar-refractivity contribution in [2.24, 2.45) is 5.92 Å². The second kappa shape index (κ2) is 7.31. The summed E-state index contributed by atoms with van der Waals surface area (Å²) in [7, 11) is 1.76. The summed E-state index contributed by atoms with van der Waals surface area (Å²) in [5, 5.41) is 1.80. The fourth-order valence-corrected chi connectivity index (χ4v) is 2.47. The van der Waals surface area contributed by atoms with Crippen LogP contribution in [0.25, 0.3) is 0 Å². The molecule has 0 spiro atoms. The third-order valence-electron chi connectivity index (χ3n) is 2.70. The smallest absolute Gasteiger partial charge is 0.0546 e. The Bertz CT molecular complexity index is 317. The molecule has 0 aromatic heterocycles. The average Bonchev–Trinajstić information content (AvgIpc) is 2.28. The van der Waals surface area contributed by atoms with Crippen LogP contribution in [0.5, 0.6) is 0 Å². The van der Waals surface area contributed by atoms with Gasteiger partial charge >= 0.3 is 0 Å². The third-order valence-corrected chi connectivity index (χ3v) is 3.85. The number of hydrogen-bond acceptors (Lipinski definition) is 1. The Morgan fingerprint density at radius 2 is 2.19 bits per heavy atom. The van der Waals surface area contributed by atoms with E-state index in [0.29, 0.717) is 12.0 Å². The van der Waals surface area contributed by atoms with Crippen LogP contribution in [0.3, 0.4) is 0 Å². The zero-order chi connectivity index (χ0) is 12.0. The lowest BCUT2D eigenvalue weighted by Crippen LogP contribution is -2.15. The number of hydrogen-bond donors (Lipinski definition) is 0. The van der Waals surface area contributed by atoms with Crippen molar-refractivity contribution >= 4 is 27.5 Å². The molecule has 0 bridgehead atoms. The van der Waals surface area contributed by atoms with Crippen molar-refractivity contribution in [3.05, 3.63) is 34.9 Å². The molecule has 0 heterocycles. The van der Waals surface area contributed by atoms with Gasteiger partial charge in [0.05, 0.1) is 6.10 Å². The van der Waals surface area contributed by atoms with Crippen LogP contribution in [0.1, 0.15) is 18.9 Å². The molecule has 2 unspecified atom stereocenters. The lowest BCUT2D eigenvalue weighted by atomic mass is 9.96. The van der Waals surface area contributed by atoms with Gasteiger partial charge in [0.2, 0.25) is 0 Å². The van der Waals surface area contributed by atoms with Crippen LogP contribution in [-0.4, -0.2) is 18.5 Å². The lowest BCUT2D eigenvalue weighted by molar-refractivity contribution is 0.0981. The van der Waals surface area contributed by atoms with E-state index in [-0.39, 0.29) is 0 Å². The van der Waals surface area contributed by atoms with Gasteiger partial charge in [0.1, 0.15) is 0 Å². The van der Waals surface area contributed by atoms with Crippen LogP contribution >= 0.6 is 27.5 Å². The maximum Gasteiger partial charge on any atom is 0.0546 e. The van der Waals surface area contributed by atoms with Gasteiger partial charge in [-0.1, -0.05) is 39.7 Å². The predicted octanol–water partition coefficient (Wildman–Crippen LogP) is 4.32. The first-order valence-electron chi connectivity index (χ1n) is 5.49. The van der Waals surface area contributed by atoms with Crippen LogP contribution in [0.4, 0.5) is 0 Å². The molecular formula is C13H18BrClO. The van der Waals surface area contributed by atoms with Gasteiger partial charge in [-0.3, -0.25) is 0 Å². The molecule has 0 saturated heterocycles. The van der Waals surface area contributed by atoms with Crippen molar-refractivity contribution < 1.29 is 4.74 Å². The van der Waals surface area contributed by atoms with E-state index in [4.69, 9.17) is 16.3 Å². The maximum absolute atomic E-state index is 5.97. The molecular weight excluding hydrogens is 287 g/mol. The fraction of sp³-hybridized carbons (Fsp3) is 0.538. The van der Waals surface area contributed by atoms with Crippen LogP contribution in [-0.2, 0) is 11.2 Å². The van der Waals surface area contributed by atoms with Crippen molar-refractivity contribution in [1.82, 2.24) is 0 Å². The Morgan fingerprint density at radius 3 is 2.75 bits per heavy atom. The van der Waals surface area contributed by atoms with E-state index in [1.165, 1.54) is 5.56 Å². The summed E-state index contributed by atoms with van der Waals surface area (Å²) in [4.78, 5) is 0. The van der Waals surface area contributed by atoms with Gasteiger partial charge < -0.3 is 4.74 Å². The van der Waals surface area contributed by atoms with Crippen molar-refractivity contribution in [3.8, 4) is 0 Å². The molecule has 0 aliphatic heterocycles. The third kappa shape index (κ3) is 4.86. The molecule has 0 radical (unpaired) electrons. The summed E-state index contributed by atoms with van der Waals surface area (Å²) in [6, 6.07) is 8.07. The van der Waals surface area contributed by atoms with Crippen molar-refractivity contribution in [1.29, 1.82) is 0 Å².